The fraction of sp³-hybridized carbons (Fsp3) is 0.500. The zero-order valence-electron chi connectivity index (χ0n) is 13.7. The highest BCUT2D eigenvalue weighted by atomic mass is 32.1. The van der Waals surface area contributed by atoms with E-state index in [0.29, 0.717) is 18.8 Å². The van der Waals surface area contributed by atoms with Crippen LogP contribution < -0.4 is 0 Å². The Bertz CT molecular complexity index is 754. The molecule has 24 heavy (non-hydrogen) atoms. The first-order valence-corrected chi connectivity index (χ1v) is 8.82. The molecule has 0 radical (unpaired) electrons. The molecule has 0 unspecified atom stereocenters. The van der Waals surface area contributed by atoms with Crippen LogP contribution in [0.25, 0.3) is 0 Å². The largest absolute Gasteiger partial charge is 0.481 e. The average Bonchev–Trinajstić information content (AvgIpc) is 3.24. The van der Waals surface area contributed by atoms with Gasteiger partial charge in [0.2, 0.25) is 5.91 Å². The Kier molecular flexibility index (Phi) is 4.66. The predicted molar refractivity (Wildman–Crippen MR) is 88.6 cm³/mol. The van der Waals surface area contributed by atoms with Crippen molar-refractivity contribution in [1.82, 2.24) is 19.4 Å². The fourth-order valence-electron chi connectivity index (χ4n) is 3.12. The van der Waals surface area contributed by atoms with Crippen LogP contribution in [-0.4, -0.2) is 43.0 Å². The molecular weight excluding hydrogens is 328 g/mol. The van der Waals surface area contributed by atoms with Gasteiger partial charge in [-0.05, 0) is 6.42 Å². The number of aryl methyl sites for hydroxylation is 2. The van der Waals surface area contributed by atoms with Crippen molar-refractivity contribution < 1.29 is 14.7 Å². The lowest BCUT2D eigenvalue weighted by Gasteiger charge is -2.26. The van der Waals surface area contributed by atoms with Crippen molar-refractivity contribution in [2.75, 3.05) is 6.54 Å². The quantitative estimate of drug-likeness (QED) is 0.858. The van der Waals surface area contributed by atoms with Crippen molar-refractivity contribution in [1.29, 1.82) is 0 Å². The third kappa shape index (κ3) is 3.06. The summed E-state index contributed by atoms with van der Waals surface area (Å²) in [6.07, 6.45) is 4.93. The first-order valence-electron chi connectivity index (χ1n) is 7.94. The van der Waals surface area contributed by atoms with Gasteiger partial charge in [-0.25, -0.2) is 9.97 Å². The van der Waals surface area contributed by atoms with E-state index in [9.17, 15) is 14.7 Å². The summed E-state index contributed by atoms with van der Waals surface area (Å²) in [6, 6.07) is -0.528. The summed E-state index contributed by atoms with van der Waals surface area (Å²) >= 11 is 1.61. The van der Waals surface area contributed by atoms with Crippen LogP contribution in [0.5, 0.6) is 0 Å². The number of aromatic nitrogens is 3. The Labute approximate surface area is 144 Å². The zero-order chi connectivity index (χ0) is 17.3. The van der Waals surface area contributed by atoms with E-state index < -0.39 is 17.9 Å². The molecule has 1 amide bonds. The van der Waals surface area contributed by atoms with Gasteiger partial charge in [0.1, 0.15) is 11.9 Å². The Morgan fingerprint density at radius 3 is 2.88 bits per heavy atom. The van der Waals surface area contributed by atoms with Gasteiger partial charge in [0.15, 0.2) is 0 Å². The number of imidazole rings is 1. The number of aliphatic carboxylic acids is 1. The van der Waals surface area contributed by atoms with Crippen LogP contribution in [0.2, 0.25) is 0 Å². The number of nitrogens with zero attached hydrogens (tertiary/aromatic N) is 4. The fourth-order valence-corrected chi connectivity index (χ4v) is 3.90. The van der Waals surface area contributed by atoms with Crippen LogP contribution in [0, 0.1) is 5.92 Å². The molecule has 8 heteroatoms. The van der Waals surface area contributed by atoms with E-state index >= 15 is 0 Å². The standard InChI is InChI=1S/C16H20N4O3S/c1-3-12-18-10(9-24-12)4-6-20-13(21)8-11(16(22)23)14(20)15-17-5-7-19(15)2/h5,7,9,11,14H,3-4,6,8H2,1-2H3,(H,22,23)/t11-,14+/m0/s1. The van der Waals surface area contributed by atoms with Crippen LogP contribution >= 0.6 is 11.3 Å². The molecule has 1 aliphatic rings. The van der Waals surface area contributed by atoms with Gasteiger partial charge in [-0.3, -0.25) is 9.59 Å². The molecule has 7 nitrogen and oxygen atoms in total. The molecule has 2 atom stereocenters. The number of thiazole rings is 1. The molecule has 0 aromatic carbocycles. The average molecular weight is 348 g/mol. The molecule has 0 bridgehead atoms. The molecule has 1 fully saturated rings. The topological polar surface area (TPSA) is 88.3 Å². The third-order valence-electron chi connectivity index (χ3n) is 4.38. The van der Waals surface area contributed by atoms with E-state index in [1.165, 1.54) is 0 Å². The second kappa shape index (κ2) is 6.72. The first kappa shape index (κ1) is 16.6. The zero-order valence-corrected chi connectivity index (χ0v) is 14.5. The normalized spacial score (nSPS) is 20.8. The van der Waals surface area contributed by atoms with Gasteiger partial charge < -0.3 is 14.6 Å². The summed E-state index contributed by atoms with van der Waals surface area (Å²) in [5, 5.41) is 12.6. The molecule has 3 heterocycles. The Hall–Kier alpha value is -2.22. The van der Waals surface area contributed by atoms with Gasteiger partial charge in [-0.1, -0.05) is 6.92 Å². The minimum Gasteiger partial charge on any atom is -0.481 e. The highest BCUT2D eigenvalue weighted by Gasteiger charge is 2.46. The molecule has 1 saturated heterocycles. The van der Waals surface area contributed by atoms with E-state index in [0.717, 1.165) is 17.1 Å². The van der Waals surface area contributed by atoms with Crippen LogP contribution in [0.3, 0.4) is 0 Å². The lowest BCUT2D eigenvalue weighted by molar-refractivity contribution is -0.142. The minimum atomic E-state index is -0.958. The molecular formula is C16H20N4O3S. The molecule has 0 saturated carbocycles. The van der Waals surface area contributed by atoms with Gasteiger partial charge in [-0.2, -0.15) is 0 Å². The number of carboxylic acid groups (broad SMARTS) is 1. The summed E-state index contributed by atoms with van der Waals surface area (Å²) < 4.78 is 1.78. The molecule has 2 aromatic heterocycles. The number of hydrogen-bond acceptors (Lipinski definition) is 5. The second-order valence-electron chi connectivity index (χ2n) is 5.91. The Morgan fingerprint density at radius 1 is 1.50 bits per heavy atom. The van der Waals surface area contributed by atoms with Crippen molar-refractivity contribution in [3.63, 3.8) is 0 Å². The molecule has 128 valence electrons. The lowest BCUT2D eigenvalue weighted by atomic mass is 9.99. The highest BCUT2D eigenvalue weighted by molar-refractivity contribution is 7.09. The Balaban J connectivity index is 1.82. The van der Waals surface area contributed by atoms with E-state index in [-0.39, 0.29) is 12.3 Å². The smallest absolute Gasteiger partial charge is 0.309 e. The SMILES string of the molecule is CCc1nc(CCN2C(=O)C[C@H](C(=O)O)[C@@H]2c2nccn2C)cs1. The van der Waals surface area contributed by atoms with Gasteiger partial charge in [0, 0.05) is 44.2 Å². The van der Waals surface area contributed by atoms with Crippen molar-refractivity contribution in [2.45, 2.75) is 32.2 Å². The number of carbonyl (C=O) groups is 2. The van der Waals surface area contributed by atoms with Crippen molar-refractivity contribution in [2.24, 2.45) is 13.0 Å². The van der Waals surface area contributed by atoms with E-state index in [1.807, 2.05) is 12.4 Å². The number of hydrogen-bond donors (Lipinski definition) is 1. The Morgan fingerprint density at radius 2 is 2.29 bits per heavy atom. The van der Waals surface area contributed by atoms with Crippen molar-refractivity contribution >= 4 is 23.2 Å². The predicted octanol–water partition coefficient (Wildman–Crippen LogP) is 1.66. The maximum absolute atomic E-state index is 12.4. The number of carbonyl (C=O) groups excluding carboxylic acids is 1. The van der Waals surface area contributed by atoms with E-state index in [4.69, 9.17) is 0 Å². The molecule has 3 rings (SSSR count). The van der Waals surface area contributed by atoms with Crippen molar-refractivity contribution in [3.8, 4) is 0 Å². The van der Waals surface area contributed by atoms with Gasteiger partial charge in [-0.15, -0.1) is 11.3 Å². The second-order valence-corrected chi connectivity index (χ2v) is 6.86. The van der Waals surface area contributed by atoms with Crippen molar-refractivity contribution in [3.05, 3.63) is 34.3 Å². The van der Waals surface area contributed by atoms with E-state index in [2.05, 4.69) is 16.9 Å². The van der Waals surface area contributed by atoms with Crippen LogP contribution in [0.15, 0.2) is 17.8 Å². The number of rotatable bonds is 6. The maximum Gasteiger partial charge on any atom is 0.309 e. The molecule has 0 aliphatic carbocycles. The molecule has 1 N–H and O–H groups in total. The number of amides is 1. The molecule has 2 aromatic rings. The first-order chi connectivity index (χ1) is 11.5. The van der Waals surface area contributed by atoms with Gasteiger partial charge in [0.25, 0.3) is 0 Å². The van der Waals surface area contributed by atoms with Gasteiger partial charge >= 0.3 is 5.97 Å². The van der Waals surface area contributed by atoms with Gasteiger partial charge in [0.05, 0.1) is 16.6 Å². The van der Waals surface area contributed by atoms with E-state index in [1.54, 1.807) is 33.2 Å². The molecule has 0 spiro atoms. The summed E-state index contributed by atoms with van der Waals surface area (Å²) in [5.74, 6) is -1.25. The van der Waals surface area contributed by atoms with Crippen LogP contribution in [0.1, 0.15) is 35.9 Å². The summed E-state index contributed by atoms with van der Waals surface area (Å²) in [5.41, 5.74) is 0.946. The summed E-state index contributed by atoms with van der Waals surface area (Å²) in [6.45, 7) is 2.51. The molecule has 1 aliphatic heterocycles. The summed E-state index contributed by atoms with van der Waals surface area (Å²) in [4.78, 5) is 34.4. The lowest BCUT2D eigenvalue weighted by Crippen LogP contribution is -2.34. The number of carboxylic acids is 1. The summed E-state index contributed by atoms with van der Waals surface area (Å²) in [7, 11) is 1.82. The van der Waals surface area contributed by atoms with Crippen LogP contribution in [0.4, 0.5) is 0 Å². The van der Waals surface area contributed by atoms with Crippen LogP contribution in [-0.2, 0) is 29.5 Å². The monoisotopic (exact) mass is 348 g/mol. The minimum absolute atomic E-state index is 0.0180. The third-order valence-corrected chi connectivity index (χ3v) is 5.42. The number of likely N-dealkylation sites (tertiary alicyclic amines) is 1. The highest BCUT2D eigenvalue weighted by Crippen LogP contribution is 2.37. The maximum atomic E-state index is 12.4.